The van der Waals surface area contributed by atoms with Gasteiger partial charge in [0, 0.05) is 34.8 Å². The van der Waals surface area contributed by atoms with Gasteiger partial charge in [-0.05, 0) is 42.0 Å². The van der Waals surface area contributed by atoms with Gasteiger partial charge >= 0.3 is 0 Å². The highest BCUT2D eigenvalue weighted by molar-refractivity contribution is 7.98. The Morgan fingerprint density at radius 2 is 1.84 bits per heavy atom. The van der Waals surface area contributed by atoms with Gasteiger partial charge in [-0.1, -0.05) is 23.7 Å². The number of halogens is 1. The highest BCUT2D eigenvalue weighted by Crippen LogP contribution is 2.32. The van der Waals surface area contributed by atoms with E-state index in [2.05, 4.69) is 22.8 Å². The lowest BCUT2D eigenvalue weighted by Crippen LogP contribution is -2.30. The molecule has 0 saturated carbocycles. The minimum atomic E-state index is 0.573. The lowest BCUT2D eigenvalue weighted by atomic mass is 10.2. The zero-order chi connectivity index (χ0) is 17.5. The van der Waals surface area contributed by atoms with E-state index in [1.54, 1.807) is 0 Å². The maximum Gasteiger partial charge on any atom is 0.170 e. The number of benzene rings is 2. The molecule has 0 spiro atoms. The molecule has 0 unspecified atom stereocenters. The van der Waals surface area contributed by atoms with E-state index < -0.39 is 0 Å². The van der Waals surface area contributed by atoms with E-state index in [9.17, 15) is 0 Å². The van der Waals surface area contributed by atoms with Crippen molar-refractivity contribution < 1.29 is 9.47 Å². The summed E-state index contributed by atoms with van der Waals surface area (Å²) >= 11 is 13.1. The van der Waals surface area contributed by atoms with Crippen LogP contribution in [0, 0.1) is 0 Å². The number of fused-ring (bicyclic) bond motifs is 1. The van der Waals surface area contributed by atoms with Crippen molar-refractivity contribution in [3.05, 3.63) is 53.1 Å². The Labute approximate surface area is 162 Å². The molecular weight excluding hydrogens is 376 g/mol. The van der Waals surface area contributed by atoms with Gasteiger partial charge in [0.25, 0.3) is 0 Å². The molecule has 132 valence electrons. The minimum absolute atomic E-state index is 0.573. The topological polar surface area (TPSA) is 42.5 Å². The Bertz CT molecular complexity index is 726. The van der Waals surface area contributed by atoms with E-state index in [0.717, 1.165) is 40.3 Å². The summed E-state index contributed by atoms with van der Waals surface area (Å²) in [5.74, 6) is 3.44. The van der Waals surface area contributed by atoms with Crippen LogP contribution in [-0.4, -0.2) is 30.6 Å². The van der Waals surface area contributed by atoms with Gasteiger partial charge in [0.1, 0.15) is 13.2 Å². The van der Waals surface area contributed by atoms with Crippen molar-refractivity contribution in [1.29, 1.82) is 0 Å². The minimum Gasteiger partial charge on any atom is -0.486 e. The molecule has 0 aliphatic carbocycles. The van der Waals surface area contributed by atoms with Gasteiger partial charge in [-0.2, -0.15) is 11.8 Å². The van der Waals surface area contributed by atoms with Crippen molar-refractivity contribution in [3.63, 3.8) is 0 Å². The molecule has 1 heterocycles. The Morgan fingerprint density at radius 1 is 1.08 bits per heavy atom. The van der Waals surface area contributed by atoms with Gasteiger partial charge in [-0.15, -0.1) is 0 Å². The van der Waals surface area contributed by atoms with Crippen molar-refractivity contribution in [2.24, 2.45) is 0 Å². The fourth-order valence-corrected chi connectivity index (χ4v) is 3.47. The summed E-state index contributed by atoms with van der Waals surface area (Å²) in [5, 5.41) is 7.75. The van der Waals surface area contributed by atoms with E-state index in [1.807, 2.05) is 42.1 Å². The smallest absolute Gasteiger partial charge is 0.170 e. The molecule has 2 N–H and O–H groups in total. The maximum atomic E-state index is 5.88. The number of thioether (sulfide) groups is 1. The van der Waals surface area contributed by atoms with E-state index in [-0.39, 0.29) is 0 Å². The average Bonchev–Trinajstić information content (AvgIpc) is 2.63. The first kappa shape index (κ1) is 18.2. The largest absolute Gasteiger partial charge is 0.486 e. The fourth-order valence-electron chi connectivity index (χ4n) is 2.30. The fraction of sp³-hybridized carbons (Fsp3) is 0.278. The van der Waals surface area contributed by atoms with Crippen LogP contribution >= 0.6 is 35.6 Å². The first-order valence-electron chi connectivity index (χ1n) is 7.97. The van der Waals surface area contributed by atoms with Crippen LogP contribution in [0.3, 0.4) is 0 Å². The van der Waals surface area contributed by atoms with E-state index in [4.69, 9.17) is 33.3 Å². The van der Waals surface area contributed by atoms with Crippen molar-refractivity contribution in [1.82, 2.24) is 5.32 Å². The molecule has 0 saturated heterocycles. The van der Waals surface area contributed by atoms with Crippen LogP contribution in [0.5, 0.6) is 11.5 Å². The van der Waals surface area contributed by atoms with Crippen LogP contribution in [0.1, 0.15) is 5.56 Å². The van der Waals surface area contributed by atoms with Gasteiger partial charge in [0.05, 0.1) is 0 Å². The molecule has 0 aromatic heterocycles. The number of anilines is 1. The third kappa shape index (κ3) is 5.70. The van der Waals surface area contributed by atoms with E-state index in [0.29, 0.717) is 18.3 Å². The van der Waals surface area contributed by atoms with Crippen LogP contribution in [0.25, 0.3) is 0 Å². The highest BCUT2D eigenvalue weighted by atomic mass is 35.5. The number of ether oxygens (including phenoxy) is 2. The number of hydrogen-bond acceptors (Lipinski definition) is 4. The van der Waals surface area contributed by atoms with Crippen molar-refractivity contribution in [2.75, 3.05) is 30.8 Å². The van der Waals surface area contributed by atoms with Crippen LogP contribution in [0.4, 0.5) is 5.69 Å². The van der Waals surface area contributed by atoms with Crippen LogP contribution < -0.4 is 20.1 Å². The molecule has 1 aliphatic heterocycles. The lowest BCUT2D eigenvalue weighted by Gasteiger charge is -2.19. The summed E-state index contributed by atoms with van der Waals surface area (Å²) in [6.45, 7) is 1.96. The Hall–Kier alpha value is -1.63. The summed E-state index contributed by atoms with van der Waals surface area (Å²) in [5.41, 5.74) is 2.15. The molecule has 7 heteroatoms. The molecule has 1 aliphatic rings. The van der Waals surface area contributed by atoms with Crippen molar-refractivity contribution in [3.8, 4) is 11.5 Å². The van der Waals surface area contributed by atoms with Gasteiger partial charge in [0.2, 0.25) is 0 Å². The quantitative estimate of drug-likeness (QED) is 0.561. The SMILES string of the molecule is S=C(NCCSCc1ccc(Cl)cc1)Nc1ccc2c(c1)OCCO2. The molecule has 4 nitrogen and oxygen atoms in total. The average molecular weight is 395 g/mol. The first-order valence-corrected chi connectivity index (χ1v) is 9.91. The molecule has 25 heavy (non-hydrogen) atoms. The number of thiocarbonyl (C=S) groups is 1. The van der Waals surface area contributed by atoms with Crippen LogP contribution in [0.2, 0.25) is 5.02 Å². The number of rotatable bonds is 6. The molecule has 0 radical (unpaired) electrons. The predicted octanol–water partition coefficient (Wildman–Crippen LogP) is 4.33. The Kier molecular flexibility index (Phi) is 6.67. The molecule has 0 amide bonds. The van der Waals surface area contributed by atoms with Crippen LogP contribution in [0.15, 0.2) is 42.5 Å². The summed E-state index contributed by atoms with van der Waals surface area (Å²) in [6, 6.07) is 13.7. The normalized spacial score (nSPS) is 12.5. The number of hydrogen-bond donors (Lipinski definition) is 2. The standard InChI is InChI=1S/C18H19ClN2O2S2/c19-14-3-1-13(2-4-14)12-25-10-7-20-18(24)21-15-5-6-16-17(11-15)23-9-8-22-16/h1-6,11H,7-10,12H2,(H2,20,21,24). The monoisotopic (exact) mass is 394 g/mol. The molecule has 2 aromatic carbocycles. The van der Waals surface area contributed by atoms with Gasteiger partial charge in [0.15, 0.2) is 16.6 Å². The summed E-state index contributed by atoms with van der Waals surface area (Å²) in [6.07, 6.45) is 0. The first-order chi connectivity index (χ1) is 12.2. The second-order valence-corrected chi connectivity index (χ2v) is 7.37. The maximum absolute atomic E-state index is 5.88. The molecule has 3 rings (SSSR count). The Balaban J connectivity index is 1.36. The predicted molar refractivity (Wildman–Crippen MR) is 109 cm³/mol. The second-order valence-electron chi connectivity index (χ2n) is 5.42. The third-order valence-electron chi connectivity index (χ3n) is 3.51. The van der Waals surface area contributed by atoms with E-state index >= 15 is 0 Å². The second kappa shape index (κ2) is 9.17. The summed E-state index contributed by atoms with van der Waals surface area (Å²) in [4.78, 5) is 0. The number of nitrogens with one attached hydrogen (secondary N) is 2. The molecule has 0 fully saturated rings. The van der Waals surface area contributed by atoms with Gasteiger partial charge in [-0.3, -0.25) is 0 Å². The van der Waals surface area contributed by atoms with Crippen LogP contribution in [-0.2, 0) is 5.75 Å². The molecule has 0 atom stereocenters. The summed E-state index contributed by atoms with van der Waals surface area (Å²) in [7, 11) is 0. The zero-order valence-electron chi connectivity index (χ0n) is 13.6. The Morgan fingerprint density at radius 3 is 2.64 bits per heavy atom. The van der Waals surface area contributed by atoms with Crippen molar-refractivity contribution in [2.45, 2.75) is 5.75 Å². The highest BCUT2D eigenvalue weighted by Gasteiger charge is 2.11. The van der Waals surface area contributed by atoms with Gasteiger partial charge in [-0.25, -0.2) is 0 Å². The molecule has 2 aromatic rings. The summed E-state index contributed by atoms with van der Waals surface area (Å²) < 4.78 is 11.1. The van der Waals surface area contributed by atoms with E-state index in [1.165, 1.54) is 5.56 Å². The molecule has 0 bridgehead atoms. The van der Waals surface area contributed by atoms with Gasteiger partial charge < -0.3 is 20.1 Å². The zero-order valence-corrected chi connectivity index (χ0v) is 16.0. The third-order valence-corrected chi connectivity index (χ3v) is 5.04. The van der Waals surface area contributed by atoms with Crippen molar-refractivity contribution >= 4 is 46.4 Å². The lowest BCUT2D eigenvalue weighted by molar-refractivity contribution is 0.171. The molecular formula is C18H19ClN2O2S2.